The fourth-order valence-corrected chi connectivity index (χ4v) is 3.47. The van der Waals surface area contributed by atoms with Gasteiger partial charge in [-0.05, 0) is 30.4 Å². The van der Waals surface area contributed by atoms with Crippen molar-refractivity contribution < 1.29 is 8.42 Å². The van der Waals surface area contributed by atoms with Crippen LogP contribution in [0, 0.1) is 6.92 Å². The average molecular weight is 284 g/mol. The van der Waals surface area contributed by atoms with Gasteiger partial charge in [-0.1, -0.05) is 39.0 Å². The number of hydrogen-bond donors (Lipinski definition) is 2. The zero-order valence-corrected chi connectivity index (χ0v) is 12.9. The minimum Gasteiger partial charge on any atom is -0.329 e. The number of hydrogen-bond acceptors (Lipinski definition) is 3. The minimum atomic E-state index is -3.43. The molecular formula is C14H24N2O2S. The van der Waals surface area contributed by atoms with Crippen molar-refractivity contribution in [3.63, 3.8) is 0 Å². The van der Waals surface area contributed by atoms with E-state index < -0.39 is 15.3 Å². The summed E-state index contributed by atoms with van der Waals surface area (Å²) in [4.78, 5) is 0. The standard InChI is InChI=1S/C14H24N2O2S/c1-5-12(9-15)19(17,18)16-14-11(4)7-6-8-13(14)10(2)3/h6-8,10,12,16H,5,9,15H2,1-4H3. The van der Waals surface area contributed by atoms with Gasteiger partial charge in [-0.25, -0.2) is 8.42 Å². The normalized spacial score (nSPS) is 13.6. The van der Waals surface area contributed by atoms with Crippen molar-refractivity contribution in [1.82, 2.24) is 0 Å². The number of anilines is 1. The number of rotatable bonds is 6. The second-order valence-corrected chi connectivity index (χ2v) is 7.07. The molecule has 1 aromatic carbocycles. The van der Waals surface area contributed by atoms with Crippen molar-refractivity contribution in [2.24, 2.45) is 5.73 Å². The van der Waals surface area contributed by atoms with Gasteiger partial charge in [0, 0.05) is 6.54 Å². The van der Waals surface area contributed by atoms with Crippen LogP contribution in [-0.4, -0.2) is 20.2 Å². The quantitative estimate of drug-likeness (QED) is 0.843. The summed E-state index contributed by atoms with van der Waals surface area (Å²) in [5.74, 6) is 0.260. The Labute approximate surface area is 116 Å². The number of benzene rings is 1. The average Bonchev–Trinajstić information content (AvgIpc) is 2.32. The molecule has 0 spiro atoms. The summed E-state index contributed by atoms with van der Waals surface area (Å²) in [6, 6.07) is 5.81. The highest BCUT2D eigenvalue weighted by Gasteiger charge is 2.24. The monoisotopic (exact) mass is 284 g/mol. The van der Waals surface area contributed by atoms with Gasteiger partial charge in [0.15, 0.2) is 0 Å². The fraction of sp³-hybridized carbons (Fsp3) is 0.571. The van der Waals surface area contributed by atoms with Crippen LogP contribution in [0.3, 0.4) is 0 Å². The van der Waals surface area contributed by atoms with E-state index in [1.54, 1.807) is 0 Å². The van der Waals surface area contributed by atoms with Gasteiger partial charge in [0.2, 0.25) is 10.0 Å². The highest BCUT2D eigenvalue weighted by atomic mass is 32.2. The van der Waals surface area contributed by atoms with E-state index >= 15 is 0 Å². The molecule has 0 aliphatic heterocycles. The molecule has 0 radical (unpaired) electrons. The van der Waals surface area contributed by atoms with Crippen LogP contribution in [0.2, 0.25) is 0 Å². The van der Waals surface area contributed by atoms with E-state index in [-0.39, 0.29) is 12.5 Å². The van der Waals surface area contributed by atoms with Gasteiger partial charge < -0.3 is 5.73 Å². The molecule has 108 valence electrons. The van der Waals surface area contributed by atoms with Gasteiger partial charge in [0.05, 0.1) is 10.9 Å². The number of para-hydroxylation sites is 1. The number of nitrogens with one attached hydrogen (secondary N) is 1. The van der Waals surface area contributed by atoms with E-state index in [0.29, 0.717) is 12.1 Å². The van der Waals surface area contributed by atoms with Crippen LogP contribution in [0.15, 0.2) is 18.2 Å². The van der Waals surface area contributed by atoms with Crippen molar-refractivity contribution in [1.29, 1.82) is 0 Å². The lowest BCUT2D eigenvalue weighted by atomic mass is 9.99. The third-order valence-electron chi connectivity index (χ3n) is 3.33. The smallest absolute Gasteiger partial charge is 0.236 e. The Balaban J connectivity index is 3.19. The molecule has 0 saturated carbocycles. The summed E-state index contributed by atoms with van der Waals surface area (Å²) in [6.45, 7) is 7.97. The maximum absolute atomic E-state index is 12.3. The predicted octanol–water partition coefficient (Wildman–Crippen LogP) is 2.60. The van der Waals surface area contributed by atoms with Crippen molar-refractivity contribution in [2.45, 2.75) is 45.3 Å². The van der Waals surface area contributed by atoms with Crippen molar-refractivity contribution >= 4 is 15.7 Å². The fourth-order valence-electron chi connectivity index (χ4n) is 2.05. The molecule has 0 aromatic heterocycles. The molecule has 0 aliphatic carbocycles. The molecule has 0 saturated heterocycles. The first-order chi connectivity index (χ1) is 8.83. The van der Waals surface area contributed by atoms with Crippen molar-refractivity contribution in [3.05, 3.63) is 29.3 Å². The summed E-state index contributed by atoms with van der Waals surface area (Å²) >= 11 is 0. The van der Waals surface area contributed by atoms with Gasteiger partial charge in [-0.3, -0.25) is 4.72 Å². The Morgan fingerprint density at radius 1 is 1.32 bits per heavy atom. The first kappa shape index (κ1) is 16.0. The van der Waals surface area contributed by atoms with Gasteiger partial charge >= 0.3 is 0 Å². The summed E-state index contributed by atoms with van der Waals surface area (Å²) in [5.41, 5.74) is 8.18. The molecule has 0 fully saturated rings. The number of aryl methyl sites for hydroxylation is 1. The Hall–Kier alpha value is -1.07. The first-order valence-electron chi connectivity index (χ1n) is 6.64. The van der Waals surface area contributed by atoms with E-state index in [1.165, 1.54) is 0 Å². The number of nitrogens with two attached hydrogens (primary N) is 1. The molecule has 3 N–H and O–H groups in total. The molecule has 1 aromatic rings. The van der Waals surface area contributed by atoms with E-state index in [4.69, 9.17) is 5.73 Å². The Morgan fingerprint density at radius 2 is 1.95 bits per heavy atom. The minimum absolute atomic E-state index is 0.134. The predicted molar refractivity (Wildman–Crippen MR) is 80.9 cm³/mol. The summed E-state index contributed by atoms with van der Waals surface area (Å²) in [6.07, 6.45) is 0.509. The number of sulfonamides is 1. The van der Waals surface area contributed by atoms with Crippen LogP contribution < -0.4 is 10.5 Å². The van der Waals surface area contributed by atoms with E-state index in [0.717, 1.165) is 11.1 Å². The van der Waals surface area contributed by atoms with E-state index in [1.807, 2.05) is 45.9 Å². The van der Waals surface area contributed by atoms with Crippen LogP contribution in [-0.2, 0) is 10.0 Å². The molecular weight excluding hydrogens is 260 g/mol. The third kappa shape index (κ3) is 3.70. The lowest BCUT2D eigenvalue weighted by molar-refractivity contribution is 0.581. The molecule has 0 heterocycles. The zero-order chi connectivity index (χ0) is 14.6. The summed E-state index contributed by atoms with van der Waals surface area (Å²) < 4.78 is 27.3. The molecule has 1 unspecified atom stereocenters. The molecule has 0 aliphatic rings. The molecule has 5 heteroatoms. The maximum Gasteiger partial charge on any atom is 0.236 e. The topological polar surface area (TPSA) is 72.2 Å². The van der Waals surface area contributed by atoms with Gasteiger partial charge in [0.1, 0.15) is 0 Å². The van der Waals surface area contributed by atoms with Crippen molar-refractivity contribution in [3.8, 4) is 0 Å². The van der Waals surface area contributed by atoms with Crippen LogP contribution in [0.25, 0.3) is 0 Å². The van der Waals surface area contributed by atoms with Crippen LogP contribution in [0.1, 0.15) is 44.2 Å². The summed E-state index contributed by atoms with van der Waals surface area (Å²) in [5, 5.41) is -0.549. The van der Waals surface area contributed by atoms with E-state index in [9.17, 15) is 8.42 Å². The summed E-state index contributed by atoms with van der Waals surface area (Å²) in [7, 11) is -3.43. The lowest BCUT2D eigenvalue weighted by Gasteiger charge is -2.20. The first-order valence-corrected chi connectivity index (χ1v) is 8.19. The largest absolute Gasteiger partial charge is 0.329 e. The van der Waals surface area contributed by atoms with Gasteiger partial charge in [-0.2, -0.15) is 0 Å². The van der Waals surface area contributed by atoms with Crippen molar-refractivity contribution in [2.75, 3.05) is 11.3 Å². The molecule has 1 rings (SSSR count). The van der Waals surface area contributed by atoms with E-state index in [2.05, 4.69) is 4.72 Å². The molecule has 4 nitrogen and oxygen atoms in total. The zero-order valence-electron chi connectivity index (χ0n) is 12.1. The second kappa shape index (κ2) is 6.39. The third-order valence-corrected chi connectivity index (χ3v) is 5.22. The molecule has 1 atom stereocenters. The van der Waals surface area contributed by atoms with Gasteiger partial charge in [0.25, 0.3) is 0 Å². The van der Waals surface area contributed by atoms with Crippen LogP contribution in [0.4, 0.5) is 5.69 Å². The lowest BCUT2D eigenvalue weighted by Crippen LogP contribution is -2.34. The van der Waals surface area contributed by atoms with Crippen LogP contribution in [0.5, 0.6) is 0 Å². The molecule has 19 heavy (non-hydrogen) atoms. The molecule has 0 bridgehead atoms. The molecule has 0 amide bonds. The Morgan fingerprint density at radius 3 is 2.42 bits per heavy atom. The van der Waals surface area contributed by atoms with Gasteiger partial charge in [-0.15, -0.1) is 0 Å². The highest BCUT2D eigenvalue weighted by molar-refractivity contribution is 7.93. The Kier molecular flexibility index (Phi) is 5.38. The SMILES string of the molecule is CCC(CN)S(=O)(=O)Nc1c(C)cccc1C(C)C. The van der Waals surface area contributed by atoms with Crippen LogP contribution >= 0.6 is 0 Å². The maximum atomic E-state index is 12.3. The second-order valence-electron chi connectivity index (χ2n) is 5.11. The Bertz CT molecular complexity index is 520. The highest BCUT2D eigenvalue weighted by Crippen LogP contribution is 2.29.